The van der Waals surface area contributed by atoms with E-state index in [1.807, 2.05) is 6.07 Å². The Kier molecular flexibility index (Phi) is 6.26. The highest BCUT2D eigenvalue weighted by molar-refractivity contribution is 8.18. The summed E-state index contributed by atoms with van der Waals surface area (Å²) < 4.78 is 5.99. The van der Waals surface area contributed by atoms with Gasteiger partial charge < -0.3 is 9.73 Å². The van der Waals surface area contributed by atoms with Gasteiger partial charge in [-0.1, -0.05) is 24.3 Å². The fourth-order valence-corrected chi connectivity index (χ4v) is 3.77. The van der Waals surface area contributed by atoms with E-state index in [2.05, 4.69) is 15.4 Å². The van der Waals surface area contributed by atoms with Crippen molar-refractivity contribution in [1.29, 1.82) is 0 Å². The van der Waals surface area contributed by atoms with Crippen LogP contribution in [0.1, 0.15) is 5.56 Å². The number of carbonyl (C=O) groups excluding carboxylic acids is 3. The van der Waals surface area contributed by atoms with Gasteiger partial charge in [0, 0.05) is 31.0 Å². The molecule has 162 valence electrons. The number of pyridine rings is 1. The van der Waals surface area contributed by atoms with Crippen LogP contribution in [-0.4, -0.2) is 49.8 Å². The van der Waals surface area contributed by atoms with Gasteiger partial charge in [0.2, 0.25) is 11.8 Å². The summed E-state index contributed by atoms with van der Waals surface area (Å²) >= 11 is 0.831. The van der Waals surface area contributed by atoms with Crippen molar-refractivity contribution in [1.82, 2.24) is 25.0 Å². The topological polar surface area (TPSA) is 127 Å². The number of aromatic nitrogens is 3. The molecule has 32 heavy (non-hydrogen) atoms. The van der Waals surface area contributed by atoms with E-state index in [0.717, 1.165) is 21.3 Å². The fraction of sp³-hybridized carbons (Fsp3) is 0.143. The van der Waals surface area contributed by atoms with Crippen LogP contribution in [0.15, 0.2) is 69.0 Å². The molecule has 3 aromatic rings. The second-order valence-corrected chi connectivity index (χ2v) is 7.66. The maximum absolute atomic E-state index is 12.5. The normalized spacial score (nSPS) is 14.9. The molecule has 0 saturated carbocycles. The largest absolute Gasteiger partial charge is 0.437 e. The lowest BCUT2D eigenvalue weighted by atomic mass is 10.2. The third-order valence-electron chi connectivity index (χ3n) is 4.43. The Hall–Kier alpha value is -3.99. The fourth-order valence-electron chi connectivity index (χ4n) is 2.91. The van der Waals surface area contributed by atoms with Crippen LogP contribution in [0, 0.1) is 0 Å². The molecule has 3 heterocycles. The van der Waals surface area contributed by atoms with Crippen LogP contribution in [0.4, 0.5) is 4.79 Å². The van der Waals surface area contributed by atoms with Gasteiger partial charge in [0.05, 0.1) is 4.91 Å². The van der Waals surface area contributed by atoms with Gasteiger partial charge in [-0.25, -0.2) is 4.79 Å². The lowest BCUT2D eigenvalue weighted by molar-refractivity contribution is -0.124. The highest BCUT2D eigenvalue weighted by atomic mass is 32.2. The Morgan fingerprint density at radius 1 is 1.12 bits per heavy atom. The zero-order valence-electron chi connectivity index (χ0n) is 16.6. The van der Waals surface area contributed by atoms with Crippen LogP contribution in [0.2, 0.25) is 0 Å². The number of thioether (sulfide) groups is 1. The molecule has 0 spiro atoms. The predicted octanol–water partition coefficient (Wildman–Crippen LogP) is 1.75. The number of benzene rings is 1. The Morgan fingerprint density at radius 2 is 1.94 bits per heavy atom. The number of carbonyl (C=O) groups is 3. The standard InChI is InChI=1S/C21H17N5O5S/c27-17(13-26-20(29)31-18(24-26)15-6-2-1-3-7-15)23-9-10-25-19(28)16(32-21(25)30)11-14-5-4-8-22-12-14/h1-8,11-12H,9-10,13H2,(H,23,27)/b16-11-. The average molecular weight is 451 g/mol. The van der Waals surface area contributed by atoms with Gasteiger partial charge in [-0.15, -0.1) is 5.10 Å². The van der Waals surface area contributed by atoms with E-state index < -0.39 is 22.8 Å². The molecule has 0 radical (unpaired) electrons. The molecule has 10 nitrogen and oxygen atoms in total. The van der Waals surface area contributed by atoms with Crippen molar-refractivity contribution in [2.24, 2.45) is 0 Å². The third-order valence-corrected chi connectivity index (χ3v) is 5.34. The molecule has 1 fully saturated rings. The number of imide groups is 1. The lowest BCUT2D eigenvalue weighted by Gasteiger charge is -2.12. The molecule has 1 aliphatic rings. The van der Waals surface area contributed by atoms with Crippen LogP contribution in [0.5, 0.6) is 0 Å². The number of hydrogen-bond donors (Lipinski definition) is 1. The quantitative estimate of drug-likeness (QED) is 0.538. The lowest BCUT2D eigenvalue weighted by Crippen LogP contribution is -2.39. The number of amides is 3. The summed E-state index contributed by atoms with van der Waals surface area (Å²) in [5, 5.41) is 6.18. The molecule has 0 atom stereocenters. The van der Waals surface area contributed by atoms with Crippen LogP contribution >= 0.6 is 11.8 Å². The predicted molar refractivity (Wildman–Crippen MR) is 116 cm³/mol. The van der Waals surface area contributed by atoms with E-state index >= 15 is 0 Å². The first-order chi connectivity index (χ1) is 15.5. The van der Waals surface area contributed by atoms with Crippen LogP contribution in [-0.2, 0) is 16.1 Å². The van der Waals surface area contributed by atoms with Gasteiger partial charge in [0.25, 0.3) is 11.1 Å². The van der Waals surface area contributed by atoms with Crippen molar-refractivity contribution in [3.05, 3.63) is 75.9 Å². The second kappa shape index (κ2) is 9.43. The van der Waals surface area contributed by atoms with E-state index in [1.54, 1.807) is 54.9 Å². The molecule has 2 aromatic heterocycles. The average Bonchev–Trinajstić information content (AvgIpc) is 3.29. The van der Waals surface area contributed by atoms with Gasteiger partial charge in [-0.05, 0) is 41.6 Å². The van der Waals surface area contributed by atoms with Crippen molar-refractivity contribution >= 4 is 34.9 Å². The molecule has 3 amide bonds. The summed E-state index contributed by atoms with van der Waals surface area (Å²) in [6, 6.07) is 12.3. The minimum absolute atomic E-state index is 0.00374. The summed E-state index contributed by atoms with van der Waals surface area (Å²) in [5.74, 6) is -1.58. The van der Waals surface area contributed by atoms with E-state index in [1.165, 1.54) is 0 Å². The molecule has 11 heteroatoms. The van der Waals surface area contributed by atoms with Crippen LogP contribution in [0.25, 0.3) is 17.5 Å². The summed E-state index contributed by atoms with van der Waals surface area (Å²) in [5.41, 5.74) is 1.32. The third kappa shape index (κ3) is 4.83. The molecule has 0 unspecified atom stereocenters. The molecule has 1 aliphatic heterocycles. The van der Waals surface area contributed by atoms with Gasteiger partial charge >= 0.3 is 5.76 Å². The van der Waals surface area contributed by atoms with E-state index in [9.17, 15) is 19.2 Å². The molecule has 1 aromatic carbocycles. The van der Waals surface area contributed by atoms with Crippen molar-refractivity contribution < 1.29 is 18.8 Å². The first kappa shape index (κ1) is 21.2. The minimum atomic E-state index is -0.759. The number of nitrogens with zero attached hydrogens (tertiary/aromatic N) is 4. The summed E-state index contributed by atoms with van der Waals surface area (Å²) in [7, 11) is 0. The van der Waals surface area contributed by atoms with E-state index in [4.69, 9.17) is 4.42 Å². The van der Waals surface area contributed by atoms with Crippen molar-refractivity contribution in [2.45, 2.75) is 6.54 Å². The van der Waals surface area contributed by atoms with E-state index in [-0.39, 0.29) is 30.4 Å². The number of rotatable bonds is 7. The molecule has 0 bridgehead atoms. The highest BCUT2D eigenvalue weighted by Gasteiger charge is 2.34. The molecule has 4 rings (SSSR count). The van der Waals surface area contributed by atoms with Crippen molar-refractivity contribution in [3.8, 4) is 11.5 Å². The Balaban J connectivity index is 1.31. The monoisotopic (exact) mass is 451 g/mol. The Bertz CT molecular complexity index is 1240. The summed E-state index contributed by atoms with van der Waals surface area (Å²) in [6.07, 6.45) is 4.79. The second-order valence-electron chi connectivity index (χ2n) is 6.67. The SMILES string of the molecule is O=C(Cn1nc(-c2ccccc2)oc1=O)NCCN1C(=O)S/C(=C\c2cccnc2)C1=O. The zero-order chi connectivity index (χ0) is 22.5. The first-order valence-corrected chi connectivity index (χ1v) is 10.4. The molecule has 0 aliphatic carbocycles. The van der Waals surface area contributed by atoms with Crippen molar-refractivity contribution in [3.63, 3.8) is 0 Å². The Labute approximate surface area is 185 Å². The molecule has 1 N–H and O–H groups in total. The first-order valence-electron chi connectivity index (χ1n) is 9.57. The molecular weight excluding hydrogens is 434 g/mol. The summed E-state index contributed by atoms with van der Waals surface area (Å²) in [6.45, 7) is -0.309. The maximum atomic E-state index is 12.5. The minimum Gasteiger partial charge on any atom is -0.388 e. The smallest absolute Gasteiger partial charge is 0.388 e. The maximum Gasteiger partial charge on any atom is 0.437 e. The van der Waals surface area contributed by atoms with Gasteiger partial charge in [0.1, 0.15) is 6.54 Å². The molecule has 1 saturated heterocycles. The Morgan fingerprint density at radius 3 is 2.69 bits per heavy atom. The number of nitrogens with one attached hydrogen (secondary N) is 1. The van der Waals surface area contributed by atoms with Crippen LogP contribution in [0.3, 0.4) is 0 Å². The summed E-state index contributed by atoms with van der Waals surface area (Å²) in [4.78, 5) is 54.1. The van der Waals surface area contributed by atoms with Gasteiger partial charge in [-0.2, -0.15) is 4.68 Å². The molecular formula is C21H17N5O5S. The van der Waals surface area contributed by atoms with Gasteiger partial charge in [0.15, 0.2) is 0 Å². The number of hydrogen-bond acceptors (Lipinski definition) is 8. The van der Waals surface area contributed by atoms with Crippen LogP contribution < -0.4 is 11.1 Å². The highest BCUT2D eigenvalue weighted by Crippen LogP contribution is 2.31. The zero-order valence-corrected chi connectivity index (χ0v) is 17.4. The van der Waals surface area contributed by atoms with Gasteiger partial charge in [-0.3, -0.25) is 24.3 Å². The van der Waals surface area contributed by atoms with Crippen molar-refractivity contribution in [2.75, 3.05) is 13.1 Å². The van der Waals surface area contributed by atoms with E-state index in [0.29, 0.717) is 11.1 Å².